The first-order valence-electron chi connectivity index (χ1n) is 12.5. The first kappa shape index (κ1) is 27.6. The van der Waals surface area contributed by atoms with Gasteiger partial charge in [-0.2, -0.15) is 15.3 Å². The number of carbonyl (C=O) groups excluding carboxylic acids is 2. The van der Waals surface area contributed by atoms with Crippen molar-refractivity contribution in [3.63, 3.8) is 0 Å². The van der Waals surface area contributed by atoms with E-state index in [1.165, 1.54) is 22.8 Å². The number of carbonyl (C=O) groups is 2. The molecule has 0 fully saturated rings. The van der Waals surface area contributed by atoms with Crippen LogP contribution in [0.4, 0.5) is 14.5 Å². The summed E-state index contributed by atoms with van der Waals surface area (Å²) >= 11 is 4.34. The van der Waals surface area contributed by atoms with Crippen molar-refractivity contribution in [1.82, 2.24) is 39.1 Å². The van der Waals surface area contributed by atoms with E-state index in [0.29, 0.717) is 45.8 Å². The standard InChI is InChI=1S/C26H21BrF2N10O2S/c1-4-38-10-14(27)20(36-38)17-5-6-31-18-8-16(35-39(17)18)25(41)34-21-19-12(13-9-32-37(3)11(13)2)7-15(23(28)29)33-26(19)42-22(21)24(30)40/h5-10,23H,4H2,1-3H3,(H2,30,40)(H,34,41). The number of anilines is 1. The Kier molecular flexibility index (Phi) is 6.81. The maximum absolute atomic E-state index is 13.8. The normalized spacial score (nSPS) is 11.7. The van der Waals surface area contributed by atoms with Crippen molar-refractivity contribution in [2.45, 2.75) is 26.8 Å². The topological polar surface area (TPSA) is 151 Å². The smallest absolute Gasteiger partial charge is 0.280 e. The number of hydrogen-bond acceptors (Lipinski definition) is 8. The molecule has 0 radical (unpaired) electrons. The van der Waals surface area contributed by atoms with E-state index in [1.54, 1.807) is 35.6 Å². The van der Waals surface area contributed by atoms with E-state index in [1.807, 2.05) is 13.1 Å². The molecule has 0 saturated heterocycles. The average Bonchev–Trinajstić information content (AvgIpc) is 3.73. The number of nitrogens with zero attached hydrogens (tertiary/aromatic N) is 8. The monoisotopic (exact) mass is 654 g/mol. The largest absolute Gasteiger partial charge is 0.365 e. The van der Waals surface area contributed by atoms with E-state index in [0.717, 1.165) is 15.8 Å². The molecular formula is C26H21BrF2N10O2S. The minimum Gasteiger partial charge on any atom is -0.365 e. The second-order valence-electron chi connectivity index (χ2n) is 9.28. The highest BCUT2D eigenvalue weighted by Crippen LogP contribution is 2.43. The SMILES string of the molecule is CCn1cc(Br)c(-c2ccnc3cc(C(=O)Nc4c(C(N)=O)sc5nc(C(F)F)cc(-c6cnn(C)c6C)c45)nn23)n1. The van der Waals surface area contributed by atoms with Crippen molar-refractivity contribution >= 4 is 60.6 Å². The van der Waals surface area contributed by atoms with Crippen molar-refractivity contribution in [2.75, 3.05) is 5.32 Å². The van der Waals surface area contributed by atoms with Gasteiger partial charge in [-0.25, -0.2) is 23.3 Å². The zero-order chi connectivity index (χ0) is 29.9. The lowest BCUT2D eigenvalue weighted by atomic mass is 10.0. The fourth-order valence-corrected chi connectivity index (χ4v) is 6.13. The third kappa shape index (κ3) is 4.52. The van der Waals surface area contributed by atoms with Crippen LogP contribution in [0.15, 0.2) is 41.3 Å². The summed E-state index contributed by atoms with van der Waals surface area (Å²) in [4.78, 5) is 34.6. The van der Waals surface area contributed by atoms with E-state index >= 15 is 0 Å². The third-order valence-electron chi connectivity index (χ3n) is 6.77. The van der Waals surface area contributed by atoms with Gasteiger partial charge in [0.2, 0.25) is 0 Å². The fraction of sp³-hybridized carbons (Fsp3) is 0.192. The third-order valence-corrected chi connectivity index (χ3v) is 8.45. The molecule has 214 valence electrons. The number of amides is 2. The molecular weight excluding hydrogens is 634 g/mol. The van der Waals surface area contributed by atoms with Gasteiger partial charge in [0, 0.05) is 48.7 Å². The van der Waals surface area contributed by atoms with Gasteiger partial charge in [0.1, 0.15) is 21.1 Å². The zero-order valence-corrected chi connectivity index (χ0v) is 24.7. The van der Waals surface area contributed by atoms with Gasteiger partial charge >= 0.3 is 0 Å². The van der Waals surface area contributed by atoms with Crippen molar-refractivity contribution in [3.05, 3.63) is 63.2 Å². The van der Waals surface area contributed by atoms with Gasteiger partial charge in [-0.15, -0.1) is 11.3 Å². The number of fused-ring (bicyclic) bond motifs is 2. The number of primary amides is 1. The molecule has 0 bridgehead atoms. The molecule has 6 heterocycles. The van der Waals surface area contributed by atoms with E-state index in [4.69, 9.17) is 5.73 Å². The number of nitrogens with one attached hydrogen (secondary N) is 1. The van der Waals surface area contributed by atoms with Gasteiger partial charge in [-0.1, -0.05) is 0 Å². The Labute approximate surface area is 248 Å². The summed E-state index contributed by atoms with van der Waals surface area (Å²) in [6.45, 7) is 4.39. The summed E-state index contributed by atoms with van der Waals surface area (Å²) in [5, 5.41) is 16.3. The number of thiophene rings is 1. The van der Waals surface area contributed by atoms with E-state index < -0.39 is 23.9 Å². The first-order valence-corrected chi connectivity index (χ1v) is 14.1. The maximum Gasteiger partial charge on any atom is 0.280 e. The van der Waals surface area contributed by atoms with Gasteiger partial charge in [0.15, 0.2) is 11.3 Å². The van der Waals surface area contributed by atoms with Crippen LogP contribution in [-0.4, -0.2) is 51.0 Å². The van der Waals surface area contributed by atoms with Crippen LogP contribution in [0, 0.1) is 6.92 Å². The molecule has 0 saturated carbocycles. The van der Waals surface area contributed by atoms with Crippen LogP contribution in [-0.2, 0) is 13.6 Å². The Hall–Kier alpha value is -4.57. The Balaban J connectivity index is 1.49. The number of alkyl halides is 2. The van der Waals surface area contributed by atoms with Crippen LogP contribution in [0.1, 0.15) is 44.9 Å². The summed E-state index contributed by atoms with van der Waals surface area (Å²) < 4.78 is 33.2. The minimum atomic E-state index is -2.87. The number of aromatic nitrogens is 8. The van der Waals surface area contributed by atoms with Crippen molar-refractivity contribution < 1.29 is 18.4 Å². The van der Waals surface area contributed by atoms with Crippen molar-refractivity contribution in [1.29, 1.82) is 0 Å². The molecule has 0 atom stereocenters. The molecule has 16 heteroatoms. The predicted molar refractivity (Wildman–Crippen MR) is 156 cm³/mol. The zero-order valence-electron chi connectivity index (χ0n) is 22.3. The quantitative estimate of drug-likeness (QED) is 0.246. The van der Waals surface area contributed by atoms with Gasteiger partial charge in [-0.05, 0) is 47.5 Å². The maximum atomic E-state index is 13.8. The summed E-state index contributed by atoms with van der Waals surface area (Å²) in [6.07, 6.45) is 2.07. The number of hydrogen-bond donors (Lipinski definition) is 2. The summed E-state index contributed by atoms with van der Waals surface area (Å²) in [5.41, 5.74) is 8.37. The van der Waals surface area contributed by atoms with Gasteiger partial charge in [-0.3, -0.25) is 19.0 Å². The summed E-state index contributed by atoms with van der Waals surface area (Å²) in [5.74, 6) is -1.52. The highest BCUT2D eigenvalue weighted by atomic mass is 79.9. The number of rotatable bonds is 7. The molecule has 42 heavy (non-hydrogen) atoms. The van der Waals surface area contributed by atoms with E-state index in [9.17, 15) is 18.4 Å². The van der Waals surface area contributed by atoms with Gasteiger partial charge in [0.25, 0.3) is 18.2 Å². The van der Waals surface area contributed by atoms with Crippen LogP contribution in [0.25, 0.3) is 38.4 Å². The Morgan fingerprint density at radius 2 is 2.00 bits per heavy atom. The van der Waals surface area contributed by atoms with Crippen molar-refractivity contribution in [3.8, 4) is 22.5 Å². The Morgan fingerprint density at radius 3 is 2.64 bits per heavy atom. The average molecular weight is 655 g/mol. The molecule has 2 amide bonds. The lowest BCUT2D eigenvalue weighted by Crippen LogP contribution is -2.17. The van der Waals surface area contributed by atoms with E-state index in [-0.39, 0.29) is 21.1 Å². The number of aryl methyl sites for hydroxylation is 2. The molecule has 0 aliphatic carbocycles. The minimum absolute atomic E-state index is 0.00737. The lowest BCUT2D eigenvalue weighted by molar-refractivity contribution is 0.100. The number of pyridine rings is 1. The van der Waals surface area contributed by atoms with Crippen LogP contribution in [0.3, 0.4) is 0 Å². The van der Waals surface area contributed by atoms with Crippen LogP contribution < -0.4 is 11.1 Å². The molecule has 0 unspecified atom stereocenters. The molecule has 0 aliphatic heterocycles. The number of nitrogens with two attached hydrogens (primary N) is 1. The molecule has 12 nitrogen and oxygen atoms in total. The lowest BCUT2D eigenvalue weighted by Gasteiger charge is -2.10. The molecule has 0 aromatic carbocycles. The molecule has 6 rings (SSSR count). The van der Waals surface area contributed by atoms with Crippen LogP contribution in [0.5, 0.6) is 0 Å². The van der Waals surface area contributed by atoms with Crippen LogP contribution in [0.2, 0.25) is 0 Å². The van der Waals surface area contributed by atoms with Gasteiger partial charge < -0.3 is 11.1 Å². The Bertz CT molecular complexity index is 2040. The molecule has 6 aromatic rings. The molecule has 0 aliphatic rings. The first-order chi connectivity index (χ1) is 20.1. The second-order valence-corrected chi connectivity index (χ2v) is 11.1. The predicted octanol–water partition coefficient (Wildman–Crippen LogP) is 4.98. The highest BCUT2D eigenvalue weighted by molar-refractivity contribution is 9.10. The Morgan fingerprint density at radius 1 is 1.21 bits per heavy atom. The molecule has 6 aromatic heterocycles. The van der Waals surface area contributed by atoms with Crippen molar-refractivity contribution in [2.24, 2.45) is 12.8 Å². The fourth-order valence-electron chi connectivity index (χ4n) is 4.59. The molecule has 0 spiro atoms. The van der Waals surface area contributed by atoms with Gasteiger partial charge in [0.05, 0.1) is 22.1 Å². The van der Waals surface area contributed by atoms with Crippen LogP contribution >= 0.6 is 27.3 Å². The number of halogens is 3. The summed E-state index contributed by atoms with van der Waals surface area (Å²) in [7, 11) is 1.72. The summed E-state index contributed by atoms with van der Waals surface area (Å²) in [6, 6.07) is 4.45. The van der Waals surface area contributed by atoms with E-state index in [2.05, 4.69) is 46.5 Å². The molecule has 3 N–H and O–H groups in total. The highest BCUT2D eigenvalue weighted by Gasteiger charge is 2.27. The second kappa shape index (κ2) is 10.4.